The van der Waals surface area contributed by atoms with Gasteiger partial charge in [-0.3, -0.25) is 10.1 Å². The number of amides is 1. The number of aryl methyl sites for hydroxylation is 1. The molecule has 0 saturated carbocycles. The largest absolute Gasteiger partial charge is 0.322 e. The third-order valence-corrected chi connectivity index (χ3v) is 5.08. The molecule has 1 atom stereocenters. The molecule has 0 bridgehead atoms. The minimum Gasteiger partial charge on any atom is -0.322 e. The molecule has 3 nitrogen and oxygen atoms in total. The van der Waals surface area contributed by atoms with Crippen LogP contribution in [-0.4, -0.2) is 12.5 Å². The molecule has 0 spiro atoms. The van der Waals surface area contributed by atoms with Crippen molar-refractivity contribution in [2.45, 2.75) is 13.0 Å². The quantitative estimate of drug-likeness (QED) is 0.611. The van der Waals surface area contributed by atoms with Gasteiger partial charge in [0.15, 0.2) is 0 Å². The summed E-state index contributed by atoms with van der Waals surface area (Å²) in [5.41, 5.74) is 2.36. The fourth-order valence-electron chi connectivity index (χ4n) is 2.58. The third kappa shape index (κ3) is 4.69. The number of hydrogen-bond acceptors (Lipinski definition) is 3. The molecule has 0 aliphatic carbocycles. The number of hydrogen-bond donors (Lipinski definition) is 2. The van der Waals surface area contributed by atoms with Crippen molar-refractivity contribution in [3.8, 4) is 0 Å². The van der Waals surface area contributed by atoms with Crippen LogP contribution in [0.25, 0.3) is 0 Å². The van der Waals surface area contributed by atoms with E-state index in [1.807, 2.05) is 48.7 Å². The van der Waals surface area contributed by atoms with E-state index in [0.29, 0.717) is 0 Å². The first kappa shape index (κ1) is 18.6. The third-order valence-electron chi connectivity index (χ3n) is 3.91. The monoisotopic (exact) mass is 388 g/mol. The Morgan fingerprint density at radius 1 is 1.19 bits per heavy atom. The number of anilines is 1. The van der Waals surface area contributed by atoms with Crippen LogP contribution >= 0.6 is 22.9 Å². The first-order chi connectivity index (χ1) is 12.5. The van der Waals surface area contributed by atoms with Crippen LogP contribution in [-0.2, 0) is 4.79 Å². The van der Waals surface area contributed by atoms with E-state index in [1.165, 1.54) is 23.8 Å². The van der Waals surface area contributed by atoms with Crippen molar-refractivity contribution in [2.75, 3.05) is 11.9 Å². The van der Waals surface area contributed by atoms with Gasteiger partial charge < -0.3 is 5.32 Å². The Bertz CT molecular complexity index is 881. The Balaban J connectivity index is 1.69. The summed E-state index contributed by atoms with van der Waals surface area (Å²) in [7, 11) is 0. The van der Waals surface area contributed by atoms with Crippen molar-refractivity contribution in [2.24, 2.45) is 0 Å². The zero-order valence-electron chi connectivity index (χ0n) is 14.1. The molecule has 1 heterocycles. The van der Waals surface area contributed by atoms with Crippen LogP contribution in [0.5, 0.6) is 0 Å². The van der Waals surface area contributed by atoms with Gasteiger partial charge in [-0.25, -0.2) is 4.39 Å². The Labute approximate surface area is 160 Å². The molecule has 6 heteroatoms. The fraction of sp³-hybridized carbons (Fsp3) is 0.150. The number of benzene rings is 2. The highest BCUT2D eigenvalue weighted by atomic mass is 35.5. The van der Waals surface area contributed by atoms with Gasteiger partial charge in [-0.15, -0.1) is 11.3 Å². The molecular weight excluding hydrogens is 371 g/mol. The normalized spacial score (nSPS) is 12.0. The van der Waals surface area contributed by atoms with Crippen LogP contribution in [0.3, 0.4) is 0 Å². The summed E-state index contributed by atoms with van der Waals surface area (Å²) in [4.78, 5) is 13.3. The summed E-state index contributed by atoms with van der Waals surface area (Å²) in [5.74, 6) is -0.876. The Morgan fingerprint density at radius 2 is 1.96 bits per heavy atom. The van der Waals surface area contributed by atoms with Crippen LogP contribution in [0, 0.1) is 12.7 Å². The zero-order valence-corrected chi connectivity index (χ0v) is 15.7. The van der Waals surface area contributed by atoms with E-state index in [4.69, 9.17) is 11.6 Å². The molecule has 2 aromatic carbocycles. The predicted molar refractivity (Wildman–Crippen MR) is 105 cm³/mol. The van der Waals surface area contributed by atoms with Crippen molar-refractivity contribution in [3.63, 3.8) is 0 Å². The van der Waals surface area contributed by atoms with E-state index >= 15 is 0 Å². The first-order valence-corrected chi connectivity index (χ1v) is 9.37. The highest BCUT2D eigenvalue weighted by Gasteiger charge is 2.16. The summed E-state index contributed by atoms with van der Waals surface area (Å²) in [6.45, 7) is 2.09. The van der Waals surface area contributed by atoms with Crippen LogP contribution in [0.15, 0.2) is 60.0 Å². The molecule has 0 unspecified atom stereocenters. The Hall–Kier alpha value is -2.21. The van der Waals surface area contributed by atoms with Crippen LogP contribution in [0.1, 0.15) is 22.0 Å². The lowest BCUT2D eigenvalue weighted by Gasteiger charge is -2.18. The lowest BCUT2D eigenvalue weighted by Crippen LogP contribution is -2.31. The standard InChI is InChI=1S/C20H18ClFN2OS/c1-13-4-6-14(7-5-13)20(18-3-2-10-26-18)23-12-19(25)24-17-9-8-15(21)11-16(17)22/h2-11,20,23H,12H2,1H3,(H,24,25)/t20-/m0/s1. The maximum atomic E-state index is 13.8. The lowest BCUT2D eigenvalue weighted by atomic mass is 10.0. The zero-order chi connectivity index (χ0) is 18.5. The summed E-state index contributed by atoms with van der Waals surface area (Å²) in [6, 6.07) is 16.2. The molecular formula is C20H18ClFN2OS. The van der Waals surface area contributed by atoms with Crippen LogP contribution in [0.2, 0.25) is 5.02 Å². The molecule has 0 fully saturated rings. The second kappa shape index (κ2) is 8.45. The molecule has 0 aliphatic rings. The highest BCUT2D eigenvalue weighted by molar-refractivity contribution is 7.10. The average molecular weight is 389 g/mol. The van der Waals surface area contributed by atoms with E-state index in [2.05, 4.69) is 10.6 Å². The predicted octanol–water partition coefficient (Wildman–Crippen LogP) is 5.17. The van der Waals surface area contributed by atoms with Gasteiger partial charge >= 0.3 is 0 Å². The number of halogens is 2. The molecule has 0 radical (unpaired) electrons. The number of thiophene rings is 1. The van der Waals surface area contributed by atoms with E-state index in [9.17, 15) is 9.18 Å². The minimum absolute atomic E-state index is 0.0541. The van der Waals surface area contributed by atoms with Crippen LogP contribution in [0.4, 0.5) is 10.1 Å². The van der Waals surface area contributed by atoms with Gasteiger partial charge in [-0.2, -0.15) is 0 Å². The second-order valence-corrected chi connectivity index (χ2v) is 7.33. The molecule has 3 aromatic rings. The molecule has 1 aromatic heterocycles. The highest BCUT2D eigenvalue weighted by Crippen LogP contribution is 2.26. The van der Waals surface area contributed by atoms with Crippen LogP contribution < -0.4 is 10.6 Å². The Morgan fingerprint density at radius 3 is 2.62 bits per heavy atom. The van der Waals surface area contributed by atoms with E-state index < -0.39 is 5.82 Å². The molecule has 3 rings (SSSR count). The maximum absolute atomic E-state index is 13.8. The molecule has 134 valence electrons. The van der Waals surface area contributed by atoms with Gasteiger partial charge in [-0.05, 0) is 42.1 Å². The van der Waals surface area contributed by atoms with Gasteiger partial charge in [0.2, 0.25) is 5.91 Å². The average Bonchev–Trinajstić information content (AvgIpc) is 3.13. The Kier molecular flexibility index (Phi) is 6.04. The maximum Gasteiger partial charge on any atom is 0.238 e. The smallest absolute Gasteiger partial charge is 0.238 e. The summed E-state index contributed by atoms with van der Waals surface area (Å²) in [6.07, 6.45) is 0. The van der Waals surface area contributed by atoms with Gasteiger partial charge in [0.25, 0.3) is 0 Å². The van der Waals surface area contributed by atoms with E-state index in [1.54, 1.807) is 11.3 Å². The van der Waals surface area contributed by atoms with Crippen molar-refractivity contribution >= 4 is 34.5 Å². The van der Waals surface area contributed by atoms with Crippen molar-refractivity contribution in [3.05, 3.63) is 86.8 Å². The SMILES string of the molecule is Cc1ccc([C@H](NCC(=O)Nc2ccc(Cl)cc2F)c2cccs2)cc1. The van der Waals surface area contributed by atoms with Crippen molar-refractivity contribution < 1.29 is 9.18 Å². The van der Waals surface area contributed by atoms with E-state index in [0.717, 1.165) is 10.4 Å². The van der Waals surface area contributed by atoms with Crippen molar-refractivity contribution in [1.82, 2.24) is 5.32 Å². The molecule has 1 amide bonds. The molecule has 2 N–H and O–H groups in total. The van der Waals surface area contributed by atoms with Gasteiger partial charge in [0.05, 0.1) is 18.3 Å². The summed E-state index contributed by atoms with van der Waals surface area (Å²) >= 11 is 7.35. The topological polar surface area (TPSA) is 41.1 Å². The molecule has 26 heavy (non-hydrogen) atoms. The number of nitrogens with one attached hydrogen (secondary N) is 2. The number of carbonyl (C=O) groups excluding carboxylic acids is 1. The minimum atomic E-state index is -0.556. The molecule has 0 aliphatic heterocycles. The lowest BCUT2D eigenvalue weighted by molar-refractivity contribution is -0.115. The first-order valence-electron chi connectivity index (χ1n) is 8.11. The summed E-state index contributed by atoms with van der Waals surface area (Å²) < 4.78 is 13.8. The molecule has 0 saturated heterocycles. The van der Waals surface area contributed by atoms with Crippen molar-refractivity contribution in [1.29, 1.82) is 0 Å². The van der Waals surface area contributed by atoms with E-state index in [-0.39, 0.29) is 29.2 Å². The number of carbonyl (C=O) groups is 1. The summed E-state index contributed by atoms with van der Waals surface area (Å²) in [5, 5.41) is 8.11. The fourth-order valence-corrected chi connectivity index (χ4v) is 3.56. The number of rotatable bonds is 6. The second-order valence-electron chi connectivity index (χ2n) is 5.91. The van der Waals surface area contributed by atoms with Gasteiger partial charge in [0, 0.05) is 9.90 Å². The van der Waals surface area contributed by atoms with Gasteiger partial charge in [0.1, 0.15) is 5.82 Å². The van der Waals surface area contributed by atoms with Gasteiger partial charge in [-0.1, -0.05) is 47.5 Å².